The van der Waals surface area contributed by atoms with Crippen LogP contribution in [0.15, 0.2) is 42.0 Å². The lowest BCUT2D eigenvalue weighted by Gasteiger charge is -2.60. The van der Waals surface area contributed by atoms with Gasteiger partial charge in [-0.3, -0.25) is 0 Å². The van der Waals surface area contributed by atoms with Gasteiger partial charge in [-0.15, -0.1) is 0 Å². The summed E-state index contributed by atoms with van der Waals surface area (Å²) in [6.45, 7) is 24.3. The molecule has 0 saturated heterocycles. The van der Waals surface area contributed by atoms with Gasteiger partial charge in [0.05, 0.1) is 5.56 Å². The van der Waals surface area contributed by atoms with Gasteiger partial charge in [-0.05, 0) is 122 Å². The number of hydrogen-bond donors (Lipinski definition) is 0. The Kier molecular flexibility index (Phi) is 9.77. The van der Waals surface area contributed by atoms with Gasteiger partial charge in [0.2, 0.25) is 0 Å². The summed E-state index contributed by atoms with van der Waals surface area (Å²) in [4.78, 5) is 13.6. The summed E-state index contributed by atoms with van der Waals surface area (Å²) in [5, 5.41) is 0.201. The molecule has 3 saturated carbocycles. The van der Waals surface area contributed by atoms with Crippen LogP contribution in [0.2, 0.25) is 18.1 Å². The summed E-state index contributed by atoms with van der Waals surface area (Å²) in [7, 11) is -1.87. The van der Waals surface area contributed by atoms with Gasteiger partial charge in [-0.2, -0.15) is 0 Å². The number of rotatable bonds is 9. The number of esters is 1. The quantitative estimate of drug-likeness (QED) is 0.156. The van der Waals surface area contributed by atoms with Crippen LogP contribution in [-0.4, -0.2) is 26.5 Å². The molecule has 0 aliphatic heterocycles. The maximum absolute atomic E-state index is 13.6. The molecule has 0 aromatic heterocycles. The van der Waals surface area contributed by atoms with Crippen LogP contribution in [0.4, 0.5) is 0 Å². The van der Waals surface area contributed by atoms with Crippen molar-refractivity contribution in [3.05, 3.63) is 47.5 Å². The van der Waals surface area contributed by atoms with Crippen LogP contribution in [0.5, 0.6) is 0 Å². The minimum absolute atomic E-state index is 0.151. The summed E-state index contributed by atoms with van der Waals surface area (Å²) in [5.41, 5.74) is 2.69. The van der Waals surface area contributed by atoms with Crippen molar-refractivity contribution in [2.75, 3.05) is 0 Å². The summed E-state index contributed by atoms with van der Waals surface area (Å²) in [5.74, 6) is 3.75. The lowest BCUT2D eigenvalue weighted by molar-refractivity contribution is -0.101. The molecule has 0 radical (unpaired) electrons. The molecule has 4 aliphatic rings. The topological polar surface area (TPSA) is 35.5 Å². The van der Waals surface area contributed by atoms with Gasteiger partial charge in [0.25, 0.3) is 0 Å². The van der Waals surface area contributed by atoms with E-state index in [1.165, 1.54) is 56.9 Å². The highest BCUT2D eigenvalue weighted by atomic mass is 28.4. The molecule has 5 rings (SSSR count). The fourth-order valence-electron chi connectivity index (χ4n) is 10.2. The van der Waals surface area contributed by atoms with Crippen molar-refractivity contribution in [1.29, 1.82) is 0 Å². The second kappa shape index (κ2) is 12.7. The molecule has 0 amide bonds. The van der Waals surface area contributed by atoms with Crippen LogP contribution in [0.25, 0.3) is 0 Å². The zero-order valence-electron chi connectivity index (χ0n) is 29.9. The average molecular weight is 621 g/mol. The van der Waals surface area contributed by atoms with Crippen LogP contribution in [0.1, 0.15) is 130 Å². The molecule has 0 N–H and O–H groups in total. The van der Waals surface area contributed by atoms with Gasteiger partial charge in [-0.25, -0.2) is 4.79 Å². The number of carbonyl (C=O) groups excluding carboxylic acids is 1. The number of hydrogen-bond acceptors (Lipinski definition) is 3. The van der Waals surface area contributed by atoms with Crippen molar-refractivity contribution in [3.63, 3.8) is 0 Å². The van der Waals surface area contributed by atoms with E-state index in [0.717, 1.165) is 30.6 Å². The fourth-order valence-corrected chi connectivity index (χ4v) is 11.6. The van der Waals surface area contributed by atoms with Gasteiger partial charge in [0, 0.05) is 12.0 Å². The molecule has 0 spiro atoms. The maximum atomic E-state index is 13.6. The first-order valence-electron chi connectivity index (χ1n) is 18.2. The van der Waals surface area contributed by atoms with E-state index in [-0.39, 0.29) is 28.6 Å². The van der Waals surface area contributed by atoms with Gasteiger partial charge in [-0.1, -0.05) is 98.4 Å². The van der Waals surface area contributed by atoms with E-state index in [2.05, 4.69) is 74.6 Å². The number of ether oxygens (including phenoxy) is 1. The molecular weight excluding hydrogens is 557 g/mol. The molecule has 44 heavy (non-hydrogen) atoms. The van der Waals surface area contributed by atoms with Crippen LogP contribution >= 0.6 is 0 Å². The van der Waals surface area contributed by atoms with E-state index >= 15 is 0 Å². The Bertz CT molecular complexity index is 1180. The Balaban J connectivity index is 1.45. The van der Waals surface area contributed by atoms with Crippen molar-refractivity contribution >= 4 is 14.3 Å². The first kappa shape index (κ1) is 34.0. The summed E-state index contributed by atoms with van der Waals surface area (Å²) in [6.07, 6.45) is 15.1. The van der Waals surface area contributed by atoms with Crippen molar-refractivity contribution in [3.8, 4) is 0 Å². The molecule has 0 heterocycles. The van der Waals surface area contributed by atoms with E-state index in [4.69, 9.17) is 9.16 Å². The predicted molar refractivity (Wildman–Crippen MR) is 186 cm³/mol. The Labute approximate surface area is 271 Å². The molecule has 3 fully saturated rings. The van der Waals surface area contributed by atoms with E-state index in [1.54, 1.807) is 0 Å². The Morgan fingerprint density at radius 3 is 2.32 bits per heavy atom. The lowest BCUT2D eigenvalue weighted by Crippen LogP contribution is -2.56. The highest BCUT2D eigenvalue weighted by Gasteiger charge is 2.62. The minimum Gasteiger partial charge on any atom is -0.454 e. The van der Waals surface area contributed by atoms with Crippen LogP contribution in [0, 0.1) is 46.3 Å². The molecule has 0 unspecified atom stereocenters. The molecular formula is C40H64O3Si. The van der Waals surface area contributed by atoms with E-state index in [0.29, 0.717) is 28.7 Å². The van der Waals surface area contributed by atoms with Crippen LogP contribution in [0.3, 0.4) is 0 Å². The third-order valence-corrected chi connectivity index (χ3v) is 18.3. The largest absolute Gasteiger partial charge is 0.454 e. The van der Waals surface area contributed by atoms with E-state index < -0.39 is 8.32 Å². The molecule has 4 aliphatic carbocycles. The zero-order valence-corrected chi connectivity index (χ0v) is 30.9. The summed E-state index contributed by atoms with van der Waals surface area (Å²) >= 11 is 0. The molecule has 0 bridgehead atoms. The Morgan fingerprint density at radius 2 is 1.66 bits per heavy atom. The van der Waals surface area contributed by atoms with Crippen molar-refractivity contribution < 1.29 is 14.0 Å². The average Bonchev–Trinajstić information content (AvgIpc) is 3.30. The molecule has 246 valence electrons. The molecule has 1 aromatic carbocycles. The smallest absolute Gasteiger partial charge is 0.338 e. The monoisotopic (exact) mass is 620 g/mol. The van der Waals surface area contributed by atoms with Crippen LogP contribution in [-0.2, 0) is 9.16 Å². The van der Waals surface area contributed by atoms with Crippen molar-refractivity contribution in [2.24, 2.45) is 46.3 Å². The zero-order chi connectivity index (χ0) is 32.1. The third kappa shape index (κ3) is 6.42. The molecule has 1 aromatic rings. The summed E-state index contributed by atoms with van der Waals surface area (Å²) < 4.78 is 13.6. The standard InChI is InChI=1S/C40H64O3Si/c1-27(2)15-14-16-28(3)32-19-20-33-36-34(22-24-40(32,33)8)39(7)23-21-31(43-44(9,10)38(4,5)6)25-30(39)26-35(36)42-37(41)29-17-12-11-13-18-29/h11-13,17-18,26-28,31-36H,14-16,19-25H2,1-10H3/t28-,31+,32-,33+,34+,35-,36+,39+,40-/m1/s1. The van der Waals surface area contributed by atoms with Gasteiger partial charge in [0.15, 0.2) is 8.32 Å². The van der Waals surface area contributed by atoms with E-state index in [1.807, 2.05) is 30.3 Å². The Morgan fingerprint density at radius 1 is 0.955 bits per heavy atom. The van der Waals surface area contributed by atoms with Crippen molar-refractivity contribution in [1.82, 2.24) is 0 Å². The fraction of sp³-hybridized carbons (Fsp3) is 0.775. The molecule has 4 heteroatoms. The number of benzene rings is 1. The van der Waals surface area contributed by atoms with E-state index in [9.17, 15) is 4.79 Å². The highest BCUT2D eigenvalue weighted by molar-refractivity contribution is 6.74. The maximum Gasteiger partial charge on any atom is 0.338 e. The normalized spacial score (nSPS) is 36.2. The first-order chi connectivity index (χ1) is 20.6. The molecule has 3 nitrogen and oxygen atoms in total. The third-order valence-electron chi connectivity index (χ3n) is 13.8. The summed E-state index contributed by atoms with van der Waals surface area (Å²) in [6, 6.07) is 9.66. The Hall–Kier alpha value is -1.39. The minimum atomic E-state index is -1.87. The predicted octanol–water partition coefficient (Wildman–Crippen LogP) is 11.3. The van der Waals surface area contributed by atoms with Gasteiger partial charge < -0.3 is 9.16 Å². The lowest BCUT2D eigenvalue weighted by atomic mass is 9.46. The van der Waals surface area contributed by atoms with Gasteiger partial charge in [0.1, 0.15) is 6.10 Å². The number of fused-ring (bicyclic) bond motifs is 5. The van der Waals surface area contributed by atoms with Gasteiger partial charge >= 0.3 is 5.97 Å². The second-order valence-corrected chi connectivity index (χ2v) is 22.7. The first-order valence-corrected chi connectivity index (χ1v) is 21.1. The highest BCUT2D eigenvalue weighted by Crippen LogP contribution is 2.68. The number of carbonyl (C=O) groups is 1. The molecule has 9 atom stereocenters. The van der Waals surface area contributed by atoms with Crippen LogP contribution < -0.4 is 0 Å². The van der Waals surface area contributed by atoms with Crippen molar-refractivity contribution in [2.45, 2.75) is 150 Å². The SMILES string of the molecule is CC(C)CCC[C@@H](C)[C@H]1CC[C@H]2[C@@H]3[C@H](OC(=O)c4ccccc4)C=C4C[C@@H](O[Si](C)(C)C(C)(C)C)CC[C@]4(C)[C@H]3CC[C@]12C. The second-order valence-electron chi connectivity index (χ2n) is 17.9.